The molecule has 0 aliphatic heterocycles. The van der Waals surface area contributed by atoms with E-state index in [1.165, 1.54) is 7.11 Å². The van der Waals surface area contributed by atoms with E-state index >= 15 is 0 Å². The third-order valence-electron chi connectivity index (χ3n) is 2.49. The predicted octanol–water partition coefficient (Wildman–Crippen LogP) is 1.12. The Balaban J connectivity index is 2.99. The second-order valence-corrected chi connectivity index (χ2v) is 5.92. The number of anilines is 1. The summed E-state index contributed by atoms with van der Waals surface area (Å²) < 4.78 is 50.1. The highest BCUT2D eigenvalue weighted by Gasteiger charge is 2.21. The molecule has 114 valence electrons. The third kappa shape index (κ3) is 4.06. The van der Waals surface area contributed by atoms with E-state index in [9.17, 15) is 12.8 Å². The highest BCUT2D eigenvalue weighted by molar-refractivity contribution is 7.89. The van der Waals surface area contributed by atoms with Gasteiger partial charge in [0.15, 0.2) is 11.6 Å². The molecule has 0 amide bonds. The average molecular weight is 306 g/mol. The number of nitrogens with one attached hydrogen (secondary N) is 1. The van der Waals surface area contributed by atoms with Crippen molar-refractivity contribution in [2.45, 2.75) is 24.8 Å². The van der Waals surface area contributed by atoms with E-state index in [2.05, 4.69) is 4.72 Å². The van der Waals surface area contributed by atoms with Gasteiger partial charge in [0.1, 0.15) is 0 Å². The van der Waals surface area contributed by atoms with Crippen molar-refractivity contribution in [3.63, 3.8) is 0 Å². The monoisotopic (exact) mass is 306 g/mol. The van der Waals surface area contributed by atoms with Crippen LogP contribution in [0.25, 0.3) is 0 Å². The van der Waals surface area contributed by atoms with Gasteiger partial charge in [-0.25, -0.2) is 17.5 Å². The second-order valence-electron chi connectivity index (χ2n) is 4.21. The summed E-state index contributed by atoms with van der Waals surface area (Å²) in [5.41, 5.74) is 5.48. The van der Waals surface area contributed by atoms with E-state index in [0.717, 1.165) is 12.1 Å². The zero-order chi connectivity index (χ0) is 15.3. The first-order valence-electron chi connectivity index (χ1n) is 6.05. The molecule has 0 saturated carbocycles. The van der Waals surface area contributed by atoms with Crippen molar-refractivity contribution in [2.75, 3.05) is 26.1 Å². The predicted molar refractivity (Wildman–Crippen MR) is 73.6 cm³/mol. The molecule has 0 bridgehead atoms. The van der Waals surface area contributed by atoms with Crippen molar-refractivity contribution in [2.24, 2.45) is 0 Å². The Morgan fingerprint density at radius 3 is 2.60 bits per heavy atom. The van der Waals surface area contributed by atoms with Gasteiger partial charge in [-0.05, 0) is 26.0 Å². The van der Waals surface area contributed by atoms with Crippen LogP contribution in [0.2, 0.25) is 0 Å². The Bertz CT molecular complexity index is 540. The summed E-state index contributed by atoms with van der Waals surface area (Å²) in [6, 6.07) is 1.58. The molecule has 0 fully saturated rings. The molecule has 0 spiro atoms. The minimum Gasteiger partial charge on any atom is -0.492 e. The fourth-order valence-electron chi connectivity index (χ4n) is 1.62. The Morgan fingerprint density at radius 2 is 2.10 bits per heavy atom. The molecule has 0 aliphatic carbocycles. The fourth-order valence-corrected chi connectivity index (χ4v) is 2.90. The lowest BCUT2D eigenvalue weighted by Gasteiger charge is -2.15. The van der Waals surface area contributed by atoms with Crippen molar-refractivity contribution in [3.8, 4) is 5.75 Å². The molecular formula is C12H19FN2O4S. The normalized spacial score (nSPS) is 13.2. The molecule has 0 heterocycles. The van der Waals surface area contributed by atoms with Gasteiger partial charge in [-0.3, -0.25) is 0 Å². The first kappa shape index (κ1) is 16.7. The van der Waals surface area contributed by atoms with Crippen LogP contribution in [-0.2, 0) is 14.8 Å². The van der Waals surface area contributed by atoms with Crippen molar-refractivity contribution >= 4 is 15.7 Å². The smallest absolute Gasteiger partial charge is 0.241 e. The molecule has 1 aromatic rings. The molecule has 1 aromatic carbocycles. The quantitative estimate of drug-likeness (QED) is 0.737. The van der Waals surface area contributed by atoms with Gasteiger partial charge < -0.3 is 15.2 Å². The maximum atomic E-state index is 13.7. The molecule has 0 aliphatic rings. The standard InChI is InChI=1S/C12H19FN2O4S/c1-4-19-7-8(2)15-20(16,17)9-5-10(13)12(18-3)11(14)6-9/h5-6,8,15H,4,7,14H2,1-3H3. The number of nitrogen functional groups attached to an aromatic ring is 1. The minimum atomic E-state index is -3.87. The van der Waals surface area contributed by atoms with Crippen LogP contribution in [0.5, 0.6) is 5.75 Å². The molecule has 3 N–H and O–H groups in total. The van der Waals surface area contributed by atoms with Crippen LogP contribution in [0, 0.1) is 5.82 Å². The van der Waals surface area contributed by atoms with Gasteiger partial charge in [0.25, 0.3) is 0 Å². The molecule has 0 radical (unpaired) electrons. The number of rotatable bonds is 7. The summed E-state index contributed by atoms with van der Waals surface area (Å²) in [7, 11) is -2.61. The number of ether oxygens (including phenoxy) is 2. The topological polar surface area (TPSA) is 90.7 Å². The SMILES string of the molecule is CCOCC(C)NS(=O)(=O)c1cc(N)c(OC)c(F)c1. The van der Waals surface area contributed by atoms with Crippen LogP contribution in [0.15, 0.2) is 17.0 Å². The summed E-state index contributed by atoms with van der Waals surface area (Å²) in [5, 5.41) is 0. The van der Waals surface area contributed by atoms with E-state index in [1.807, 2.05) is 0 Å². The largest absolute Gasteiger partial charge is 0.492 e. The van der Waals surface area contributed by atoms with Crippen LogP contribution in [0.4, 0.5) is 10.1 Å². The van der Waals surface area contributed by atoms with E-state index < -0.39 is 21.9 Å². The van der Waals surface area contributed by atoms with E-state index in [0.29, 0.717) is 6.61 Å². The molecule has 1 rings (SSSR count). The maximum Gasteiger partial charge on any atom is 0.241 e. The van der Waals surface area contributed by atoms with E-state index in [1.54, 1.807) is 13.8 Å². The highest BCUT2D eigenvalue weighted by atomic mass is 32.2. The van der Waals surface area contributed by atoms with Crippen molar-refractivity contribution in [1.82, 2.24) is 4.72 Å². The van der Waals surface area contributed by atoms with Crippen LogP contribution < -0.4 is 15.2 Å². The molecule has 0 aromatic heterocycles. The third-order valence-corrected chi connectivity index (χ3v) is 4.06. The second kappa shape index (κ2) is 6.87. The average Bonchev–Trinajstić information content (AvgIpc) is 2.35. The van der Waals surface area contributed by atoms with Crippen LogP contribution >= 0.6 is 0 Å². The Labute approximate surface area is 118 Å². The minimum absolute atomic E-state index is 0.0784. The molecule has 8 heteroatoms. The summed E-state index contributed by atoms with van der Waals surface area (Å²) in [5.74, 6) is -1.00. The summed E-state index contributed by atoms with van der Waals surface area (Å²) in [6.45, 7) is 4.16. The lowest BCUT2D eigenvalue weighted by atomic mass is 10.3. The van der Waals surface area contributed by atoms with Crippen LogP contribution in [0.3, 0.4) is 0 Å². The number of hydrogen-bond acceptors (Lipinski definition) is 5. The number of methoxy groups -OCH3 is 1. The van der Waals surface area contributed by atoms with E-state index in [4.69, 9.17) is 15.2 Å². The number of halogens is 1. The molecular weight excluding hydrogens is 287 g/mol. The Hall–Kier alpha value is -1.38. The van der Waals surface area contributed by atoms with Crippen LogP contribution in [-0.4, -0.2) is 34.8 Å². The number of sulfonamides is 1. The molecule has 6 nitrogen and oxygen atoms in total. The molecule has 1 atom stereocenters. The number of hydrogen-bond donors (Lipinski definition) is 2. The van der Waals surface area contributed by atoms with Gasteiger partial charge in [-0.2, -0.15) is 0 Å². The first-order chi connectivity index (χ1) is 9.31. The van der Waals surface area contributed by atoms with Gasteiger partial charge in [0, 0.05) is 12.6 Å². The summed E-state index contributed by atoms with van der Waals surface area (Å²) in [4.78, 5) is -0.253. The Morgan fingerprint density at radius 1 is 1.45 bits per heavy atom. The zero-order valence-electron chi connectivity index (χ0n) is 11.6. The number of nitrogens with two attached hydrogens (primary N) is 1. The fraction of sp³-hybridized carbons (Fsp3) is 0.500. The Kier molecular flexibility index (Phi) is 5.73. The van der Waals surface area contributed by atoms with Gasteiger partial charge in [0.2, 0.25) is 10.0 Å². The maximum absolute atomic E-state index is 13.7. The first-order valence-corrected chi connectivity index (χ1v) is 7.53. The lowest BCUT2D eigenvalue weighted by Crippen LogP contribution is -2.36. The highest BCUT2D eigenvalue weighted by Crippen LogP contribution is 2.28. The molecule has 0 saturated heterocycles. The van der Waals surface area contributed by atoms with Gasteiger partial charge in [-0.1, -0.05) is 0 Å². The molecule has 20 heavy (non-hydrogen) atoms. The van der Waals surface area contributed by atoms with Crippen molar-refractivity contribution in [1.29, 1.82) is 0 Å². The summed E-state index contributed by atoms with van der Waals surface area (Å²) in [6.07, 6.45) is 0. The van der Waals surface area contributed by atoms with Gasteiger partial charge in [-0.15, -0.1) is 0 Å². The molecule has 1 unspecified atom stereocenters. The van der Waals surface area contributed by atoms with E-state index in [-0.39, 0.29) is 22.9 Å². The van der Waals surface area contributed by atoms with Crippen molar-refractivity contribution in [3.05, 3.63) is 17.9 Å². The summed E-state index contributed by atoms with van der Waals surface area (Å²) >= 11 is 0. The van der Waals surface area contributed by atoms with Crippen molar-refractivity contribution < 1.29 is 22.3 Å². The number of benzene rings is 1. The van der Waals surface area contributed by atoms with Crippen LogP contribution in [0.1, 0.15) is 13.8 Å². The van der Waals surface area contributed by atoms with Gasteiger partial charge >= 0.3 is 0 Å². The zero-order valence-corrected chi connectivity index (χ0v) is 12.5. The lowest BCUT2D eigenvalue weighted by molar-refractivity contribution is 0.133. The van der Waals surface area contributed by atoms with Gasteiger partial charge in [0.05, 0.1) is 24.3 Å².